The highest BCUT2D eigenvalue weighted by atomic mass is 15.0. The van der Waals surface area contributed by atoms with E-state index in [1.807, 2.05) is 0 Å². The van der Waals surface area contributed by atoms with Gasteiger partial charge in [-0.05, 0) is 25.0 Å². The molecule has 2 rings (SSSR count). The van der Waals surface area contributed by atoms with Crippen molar-refractivity contribution < 1.29 is 0 Å². The largest absolute Gasteiger partial charge is 0.323 e. The zero-order valence-electron chi connectivity index (χ0n) is 12.7. The maximum atomic E-state index is 6.40. The molecule has 19 heavy (non-hydrogen) atoms. The lowest BCUT2D eigenvalue weighted by Gasteiger charge is -2.21. The summed E-state index contributed by atoms with van der Waals surface area (Å²) in [5.41, 5.74) is 11.0. The van der Waals surface area contributed by atoms with Crippen LogP contribution in [0, 0.1) is 6.92 Å². The Balaban J connectivity index is 2.73. The van der Waals surface area contributed by atoms with Crippen LogP contribution in [0.4, 0.5) is 0 Å². The molecule has 0 bridgehead atoms. The van der Waals surface area contributed by atoms with Crippen molar-refractivity contribution in [3.05, 3.63) is 35.3 Å². The molecule has 0 aliphatic carbocycles. The van der Waals surface area contributed by atoms with Crippen molar-refractivity contribution in [1.82, 2.24) is 9.38 Å². The van der Waals surface area contributed by atoms with Crippen LogP contribution in [-0.4, -0.2) is 9.38 Å². The van der Waals surface area contributed by atoms with E-state index in [1.54, 1.807) is 0 Å². The fraction of sp³-hybridized carbons (Fsp3) is 0.562. The SMILES string of the molecule is CCCC(N)c1c(C(C)(C)C)nc2c(C)cccn12. The summed E-state index contributed by atoms with van der Waals surface area (Å²) in [6.45, 7) is 10.9. The van der Waals surface area contributed by atoms with Gasteiger partial charge < -0.3 is 10.1 Å². The zero-order chi connectivity index (χ0) is 14.2. The van der Waals surface area contributed by atoms with Crippen LogP contribution in [0.3, 0.4) is 0 Å². The molecule has 2 aromatic heterocycles. The minimum absolute atomic E-state index is 0.0131. The zero-order valence-corrected chi connectivity index (χ0v) is 12.7. The van der Waals surface area contributed by atoms with E-state index in [-0.39, 0.29) is 11.5 Å². The first-order chi connectivity index (χ1) is 8.86. The Morgan fingerprint density at radius 1 is 1.37 bits per heavy atom. The van der Waals surface area contributed by atoms with E-state index in [1.165, 1.54) is 11.3 Å². The maximum absolute atomic E-state index is 6.40. The van der Waals surface area contributed by atoms with Crippen molar-refractivity contribution in [3.8, 4) is 0 Å². The third kappa shape index (κ3) is 2.52. The molecule has 0 aliphatic heterocycles. The van der Waals surface area contributed by atoms with Gasteiger partial charge in [0.15, 0.2) is 0 Å². The van der Waals surface area contributed by atoms with Gasteiger partial charge >= 0.3 is 0 Å². The smallest absolute Gasteiger partial charge is 0.140 e. The Morgan fingerprint density at radius 2 is 2.05 bits per heavy atom. The summed E-state index contributed by atoms with van der Waals surface area (Å²) >= 11 is 0. The van der Waals surface area contributed by atoms with Gasteiger partial charge in [-0.15, -0.1) is 0 Å². The second-order valence-electron chi connectivity index (χ2n) is 6.38. The van der Waals surface area contributed by atoms with E-state index in [0.29, 0.717) is 0 Å². The highest BCUT2D eigenvalue weighted by Gasteiger charge is 2.27. The van der Waals surface area contributed by atoms with Crippen LogP contribution in [-0.2, 0) is 5.41 Å². The fourth-order valence-corrected chi connectivity index (χ4v) is 2.58. The summed E-state index contributed by atoms with van der Waals surface area (Å²) in [5.74, 6) is 0. The first kappa shape index (κ1) is 14.1. The molecule has 3 heteroatoms. The number of aryl methyl sites for hydroxylation is 1. The quantitative estimate of drug-likeness (QED) is 0.912. The molecule has 1 unspecified atom stereocenters. The van der Waals surface area contributed by atoms with Crippen molar-refractivity contribution >= 4 is 5.65 Å². The van der Waals surface area contributed by atoms with Crippen LogP contribution < -0.4 is 5.73 Å². The maximum Gasteiger partial charge on any atom is 0.140 e. The predicted octanol–water partition coefficient (Wildman–Crippen LogP) is 3.74. The van der Waals surface area contributed by atoms with Gasteiger partial charge in [-0.1, -0.05) is 40.2 Å². The lowest BCUT2D eigenvalue weighted by atomic mass is 9.88. The normalized spacial score (nSPS) is 14.0. The van der Waals surface area contributed by atoms with E-state index in [0.717, 1.165) is 24.2 Å². The number of rotatable bonds is 3. The van der Waals surface area contributed by atoms with Gasteiger partial charge in [-0.2, -0.15) is 0 Å². The van der Waals surface area contributed by atoms with Crippen molar-refractivity contribution in [2.45, 2.75) is 58.9 Å². The number of fused-ring (bicyclic) bond motifs is 1. The number of hydrogen-bond acceptors (Lipinski definition) is 2. The molecule has 0 aromatic carbocycles. The first-order valence-corrected chi connectivity index (χ1v) is 7.10. The number of nitrogens with zero attached hydrogens (tertiary/aromatic N) is 2. The molecule has 1 atom stereocenters. The van der Waals surface area contributed by atoms with Crippen LogP contribution in [0.15, 0.2) is 18.3 Å². The molecular weight excluding hydrogens is 234 g/mol. The van der Waals surface area contributed by atoms with E-state index in [9.17, 15) is 0 Å². The summed E-state index contributed by atoms with van der Waals surface area (Å²) < 4.78 is 2.18. The molecule has 2 heterocycles. The molecule has 0 fully saturated rings. The molecule has 2 aromatic rings. The third-order valence-corrected chi connectivity index (χ3v) is 3.54. The van der Waals surface area contributed by atoms with Crippen LogP contribution in [0.5, 0.6) is 0 Å². The van der Waals surface area contributed by atoms with Gasteiger partial charge in [0, 0.05) is 17.7 Å². The summed E-state index contributed by atoms with van der Waals surface area (Å²) in [5, 5.41) is 0. The van der Waals surface area contributed by atoms with Crippen molar-refractivity contribution in [1.29, 1.82) is 0 Å². The lowest BCUT2D eigenvalue weighted by molar-refractivity contribution is 0.536. The molecule has 0 saturated carbocycles. The Morgan fingerprint density at radius 3 is 2.63 bits per heavy atom. The van der Waals surface area contributed by atoms with Crippen LogP contribution in [0.25, 0.3) is 5.65 Å². The lowest BCUT2D eigenvalue weighted by Crippen LogP contribution is -2.21. The van der Waals surface area contributed by atoms with Crippen LogP contribution >= 0.6 is 0 Å². The van der Waals surface area contributed by atoms with Gasteiger partial charge in [0.2, 0.25) is 0 Å². The molecule has 0 amide bonds. The highest BCUT2D eigenvalue weighted by molar-refractivity contribution is 5.52. The molecule has 3 nitrogen and oxygen atoms in total. The minimum Gasteiger partial charge on any atom is -0.323 e. The topological polar surface area (TPSA) is 43.3 Å². The molecule has 0 aliphatic rings. The highest BCUT2D eigenvalue weighted by Crippen LogP contribution is 2.31. The fourth-order valence-electron chi connectivity index (χ4n) is 2.58. The molecular formula is C16H25N3. The number of pyridine rings is 1. The number of aromatic nitrogens is 2. The molecule has 0 radical (unpaired) electrons. The molecule has 0 spiro atoms. The second-order valence-corrected chi connectivity index (χ2v) is 6.38. The first-order valence-electron chi connectivity index (χ1n) is 7.10. The Labute approximate surface area is 115 Å². The second kappa shape index (κ2) is 4.97. The number of nitrogens with two attached hydrogens (primary N) is 1. The van der Waals surface area contributed by atoms with E-state index >= 15 is 0 Å². The van der Waals surface area contributed by atoms with Crippen LogP contribution in [0.2, 0.25) is 0 Å². The Bertz CT molecular complexity index is 575. The van der Waals surface area contributed by atoms with E-state index in [4.69, 9.17) is 10.7 Å². The summed E-state index contributed by atoms with van der Waals surface area (Å²) in [4.78, 5) is 4.87. The molecule has 2 N–H and O–H groups in total. The van der Waals surface area contributed by atoms with E-state index in [2.05, 4.69) is 57.3 Å². The van der Waals surface area contributed by atoms with Gasteiger partial charge in [0.25, 0.3) is 0 Å². The predicted molar refractivity (Wildman–Crippen MR) is 80.5 cm³/mol. The van der Waals surface area contributed by atoms with Crippen LogP contribution in [0.1, 0.15) is 63.5 Å². The third-order valence-electron chi connectivity index (χ3n) is 3.54. The summed E-state index contributed by atoms with van der Waals surface area (Å²) in [6.07, 6.45) is 4.16. The standard InChI is InChI=1S/C16H25N3/c1-6-8-12(17)13-14(16(3,4)5)18-15-11(2)9-7-10-19(13)15/h7,9-10,12H,6,8,17H2,1-5H3. The summed E-state index contributed by atoms with van der Waals surface area (Å²) in [6, 6.07) is 4.22. The van der Waals surface area contributed by atoms with Crippen molar-refractivity contribution in [2.75, 3.05) is 0 Å². The summed E-state index contributed by atoms with van der Waals surface area (Å²) in [7, 11) is 0. The minimum atomic E-state index is 0.0131. The van der Waals surface area contributed by atoms with Crippen molar-refractivity contribution in [3.63, 3.8) is 0 Å². The monoisotopic (exact) mass is 259 g/mol. The number of hydrogen-bond donors (Lipinski definition) is 1. The van der Waals surface area contributed by atoms with Gasteiger partial charge in [0.1, 0.15) is 5.65 Å². The van der Waals surface area contributed by atoms with Gasteiger partial charge in [-0.3, -0.25) is 0 Å². The Hall–Kier alpha value is -1.35. The number of imidazole rings is 1. The van der Waals surface area contributed by atoms with Gasteiger partial charge in [0.05, 0.1) is 11.4 Å². The average molecular weight is 259 g/mol. The Kier molecular flexibility index (Phi) is 3.68. The van der Waals surface area contributed by atoms with Crippen molar-refractivity contribution in [2.24, 2.45) is 5.73 Å². The van der Waals surface area contributed by atoms with E-state index < -0.39 is 0 Å². The van der Waals surface area contributed by atoms with Gasteiger partial charge in [-0.25, -0.2) is 4.98 Å². The molecule has 104 valence electrons. The average Bonchev–Trinajstić information content (AvgIpc) is 2.70. The molecule has 0 saturated heterocycles.